The summed E-state index contributed by atoms with van der Waals surface area (Å²) in [6.07, 6.45) is -0.0584. The van der Waals surface area contributed by atoms with E-state index in [1.165, 1.54) is 31.4 Å². The first kappa shape index (κ1) is 22.3. The fourth-order valence-electron chi connectivity index (χ4n) is 3.03. The summed E-state index contributed by atoms with van der Waals surface area (Å²) in [4.78, 5) is 34.1. The van der Waals surface area contributed by atoms with Crippen molar-refractivity contribution >= 4 is 29.2 Å². The van der Waals surface area contributed by atoms with Gasteiger partial charge in [-0.15, -0.1) is 0 Å². The van der Waals surface area contributed by atoms with Gasteiger partial charge < -0.3 is 9.47 Å². The Morgan fingerprint density at radius 1 is 0.812 bits per heavy atom. The summed E-state index contributed by atoms with van der Waals surface area (Å²) < 4.78 is 9.87. The second kappa shape index (κ2) is 10.6. The van der Waals surface area contributed by atoms with Gasteiger partial charge in [0.2, 0.25) is 0 Å². The van der Waals surface area contributed by atoms with Gasteiger partial charge in [-0.2, -0.15) is 0 Å². The zero-order valence-electron chi connectivity index (χ0n) is 17.2. The fourth-order valence-corrected chi connectivity index (χ4v) is 3.03. The van der Waals surface area contributed by atoms with E-state index in [1.807, 2.05) is 30.3 Å². The van der Waals surface area contributed by atoms with Gasteiger partial charge in [0.15, 0.2) is 0 Å². The highest BCUT2D eigenvalue weighted by molar-refractivity contribution is 5.87. The van der Waals surface area contributed by atoms with Crippen LogP contribution in [0.25, 0.3) is 0 Å². The van der Waals surface area contributed by atoms with E-state index in [1.54, 1.807) is 18.2 Å². The molecule has 3 aromatic carbocycles. The predicted molar refractivity (Wildman–Crippen MR) is 119 cm³/mol. The second-order valence-corrected chi connectivity index (χ2v) is 6.70. The molecule has 9 heteroatoms. The number of benzene rings is 3. The van der Waals surface area contributed by atoms with Crippen LogP contribution in [-0.4, -0.2) is 24.2 Å². The maximum atomic E-state index is 12.3. The highest BCUT2D eigenvalue weighted by Crippen LogP contribution is 2.22. The van der Waals surface area contributed by atoms with Gasteiger partial charge in [0.25, 0.3) is 5.69 Å². The molecular weight excluding hydrogens is 414 g/mol. The van der Waals surface area contributed by atoms with Crippen molar-refractivity contribution in [3.63, 3.8) is 0 Å². The lowest BCUT2D eigenvalue weighted by atomic mass is 10.0. The lowest BCUT2D eigenvalue weighted by molar-refractivity contribution is -0.384. The van der Waals surface area contributed by atoms with Gasteiger partial charge in [-0.05, 0) is 48.2 Å². The molecule has 2 N–H and O–H groups in total. The Balaban J connectivity index is 1.65. The van der Waals surface area contributed by atoms with E-state index < -0.39 is 17.1 Å². The first-order chi connectivity index (χ1) is 15.5. The van der Waals surface area contributed by atoms with Gasteiger partial charge in [0.1, 0.15) is 5.75 Å². The number of aryl methyl sites for hydroxylation is 2. The molecule has 0 saturated carbocycles. The lowest BCUT2D eigenvalue weighted by Gasteiger charge is -2.13. The van der Waals surface area contributed by atoms with E-state index >= 15 is 0 Å². The highest BCUT2D eigenvalue weighted by Gasteiger charge is 2.12. The molecule has 3 aromatic rings. The molecule has 32 heavy (non-hydrogen) atoms. The summed E-state index contributed by atoms with van der Waals surface area (Å²) >= 11 is 0. The third kappa shape index (κ3) is 6.05. The van der Waals surface area contributed by atoms with Crippen LogP contribution in [0.5, 0.6) is 5.75 Å². The van der Waals surface area contributed by atoms with Crippen molar-refractivity contribution in [3.05, 3.63) is 94.0 Å². The quantitative estimate of drug-likeness (QED) is 0.390. The normalized spacial score (nSPS) is 10.2. The zero-order chi connectivity index (χ0) is 22.9. The molecule has 3 rings (SSSR count). The van der Waals surface area contributed by atoms with Gasteiger partial charge in [-0.3, -0.25) is 20.7 Å². The molecule has 0 bridgehead atoms. The minimum Gasteiger partial charge on any atom is -0.453 e. The van der Waals surface area contributed by atoms with E-state index in [0.717, 1.165) is 11.1 Å². The monoisotopic (exact) mass is 435 g/mol. The number of nitrogens with one attached hydrogen (secondary N) is 2. The van der Waals surface area contributed by atoms with Gasteiger partial charge in [0.05, 0.1) is 12.0 Å². The van der Waals surface area contributed by atoms with Crippen LogP contribution in [0.1, 0.15) is 11.1 Å². The maximum Gasteiger partial charge on any atom is 0.417 e. The molecule has 0 heterocycles. The van der Waals surface area contributed by atoms with Crippen molar-refractivity contribution in [1.82, 2.24) is 0 Å². The van der Waals surface area contributed by atoms with Crippen LogP contribution in [0.3, 0.4) is 0 Å². The number of carbonyl (C=O) groups is 2. The molecular formula is C23H21N3O6. The van der Waals surface area contributed by atoms with Crippen LogP contribution in [-0.2, 0) is 17.6 Å². The maximum absolute atomic E-state index is 12.3. The number of nitrogens with zero attached hydrogens (tertiary/aromatic N) is 1. The summed E-state index contributed by atoms with van der Waals surface area (Å²) in [5, 5.41) is 16.1. The number of ether oxygens (including phenoxy) is 2. The van der Waals surface area contributed by atoms with Crippen LogP contribution in [0.4, 0.5) is 26.7 Å². The number of nitro benzene ring substituents is 1. The summed E-state index contributed by atoms with van der Waals surface area (Å²) in [7, 11) is 1.30. The predicted octanol–water partition coefficient (Wildman–Crippen LogP) is 5.17. The number of para-hydroxylation sites is 2. The largest absolute Gasteiger partial charge is 0.453 e. The van der Waals surface area contributed by atoms with Crippen LogP contribution in [0.15, 0.2) is 72.8 Å². The zero-order valence-corrected chi connectivity index (χ0v) is 17.2. The molecule has 0 aliphatic carbocycles. The molecule has 0 aliphatic heterocycles. The number of nitro groups is 1. The Bertz CT molecular complexity index is 1110. The Morgan fingerprint density at radius 3 is 1.81 bits per heavy atom. The average Bonchev–Trinajstić information content (AvgIpc) is 2.79. The first-order valence-electron chi connectivity index (χ1n) is 9.70. The molecule has 0 radical (unpaired) electrons. The molecule has 0 saturated heterocycles. The number of rotatable bonds is 7. The third-order valence-electron chi connectivity index (χ3n) is 4.62. The molecule has 0 atom stereocenters. The first-order valence-corrected chi connectivity index (χ1v) is 9.70. The van der Waals surface area contributed by atoms with E-state index in [0.29, 0.717) is 24.2 Å². The number of anilines is 2. The average molecular weight is 435 g/mol. The molecule has 0 aliphatic rings. The molecule has 0 spiro atoms. The van der Waals surface area contributed by atoms with Crippen LogP contribution in [0, 0.1) is 10.1 Å². The highest BCUT2D eigenvalue weighted by atomic mass is 16.6. The Kier molecular flexibility index (Phi) is 7.37. The van der Waals surface area contributed by atoms with Crippen LogP contribution < -0.4 is 15.4 Å². The summed E-state index contributed by atoms with van der Waals surface area (Å²) in [6, 6.07) is 19.9. The Morgan fingerprint density at radius 2 is 1.31 bits per heavy atom. The van der Waals surface area contributed by atoms with Gasteiger partial charge in [-0.25, -0.2) is 9.59 Å². The van der Waals surface area contributed by atoms with Crippen molar-refractivity contribution in [2.45, 2.75) is 12.8 Å². The number of methoxy groups -OCH3 is 1. The molecule has 164 valence electrons. The fraction of sp³-hybridized carbons (Fsp3) is 0.130. The number of hydrogen-bond acceptors (Lipinski definition) is 6. The number of carbonyl (C=O) groups excluding carboxylic acids is 2. The number of hydrogen-bond donors (Lipinski definition) is 2. The molecule has 0 fully saturated rings. The molecule has 0 unspecified atom stereocenters. The summed E-state index contributed by atoms with van der Waals surface area (Å²) in [6.45, 7) is 0. The smallest absolute Gasteiger partial charge is 0.417 e. The minimum atomic E-state index is -0.709. The molecule has 0 aromatic heterocycles. The number of amides is 2. The van der Waals surface area contributed by atoms with Crippen molar-refractivity contribution in [3.8, 4) is 5.75 Å². The van der Waals surface area contributed by atoms with E-state index in [2.05, 4.69) is 15.4 Å². The van der Waals surface area contributed by atoms with Crippen LogP contribution >= 0.6 is 0 Å². The minimum absolute atomic E-state index is 0.0925. The van der Waals surface area contributed by atoms with Crippen molar-refractivity contribution in [2.75, 3.05) is 17.7 Å². The standard InChI is InChI=1S/C23H21N3O6/c1-31-22(27)24-20-8-4-2-6-16(20)10-11-17-7-3-5-9-21(17)25-23(28)32-19-14-12-18(13-15-19)26(29)30/h2-9,12-15H,10-11H2,1H3,(H,24,27)(H,25,28). The van der Waals surface area contributed by atoms with Crippen molar-refractivity contribution < 1.29 is 24.0 Å². The summed E-state index contributed by atoms with van der Waals surface area (Å²) in [5.41, 5.74) is 2.94. The van der Waals surface area contributed by atoms with E-state index in [9.17, 15) is 19.7 Å². The third-order valence-corrected chi connectivity index (χ3v) is 4.62. The summed E-state index contributed by atoms with van der Waals surface area (Å²) in [5.74, 6) is 0.188. The van der Waals surface area contributed by atoms with Crippen molar-refractivity contribution in [2.24, 2.45) is 0 Å². The number of non-ortho nitro benzene ring substituents is 1. The van der Waals surface area contributed by atoms with Crippen molar-refractivity contribution in [1.29, 1.82) is 0 Å². The molecule has 9 nitrogen and oxygen atoms in total. The van der Waals surface area contributed by atoms with Crippen LogP contribution in [0.2, 0.25) is 0 Å². The van der Waals surface area contributed by atoms with Gasteiger partial charge in [-0.1, -0.05) is 36.4 Å². The lowest BCUT2D eigenvalue weighted by Crippen LogP contribution is -2.18. The SMILES string of the molecule is COC(=O)Nc1ccccc1CCc1ccccc1NC(=O)Oc1ccc([N+](=O)[O-])cc1. The second-order valence-electron chi connectivity index (χ2n) is 6.70. The van der Waals surface area contributed by atoms with E-state index in [-0.39, 0.29) is 11.4 Å². The Labute approximate surface area is 184 Å². The topological polar surface area (TPSA) is 120 Å². The van der Waals surface area contributed by atoms with E-state index in [4.69, 9.17) is 4.74 Å². The molecule has 2 amide bonds. The Hall–Kier alpha value is -4.40. The van der Waals surface area contributed by atoms with Gasteiger partial charge >= 0.3 is 12.2 Å². The van der Waals surface area contributed by atoms with Gasteiger partial charge in [0, 0.05) is 23.5 Å².